The van der Waals surface area contributed by atoms with Crippen molar-refractivity contribution in [3.8, 4) is 40.1 Å². The second-order valence-electron chi connectivity index (χ2n) is 10.3. The van der Waals surface area contributed by atoms with Gasteiger partial charge in [0.25, 0.3) is 0 Å². The number of aliphatic hydroxyl groups excluding tert-OH is 6. The van der Waals surface area contributed by atoms with Crippen molar-refractivity contribution in [2.45, 2.75) is 68.3 Å². The van der Waals surface area contributed by atoms with Gasteiger partial charge < -0.3 is 74.4 Å². The number of aromatic hydroxyl groups is 4. The van der Waals surface area contributed by atoms with E-state index in [0.717, 1.165) is 24.3 Å². The lowest BCUT2D eigenvalue weighted by molar-refractivity contribution is -0.318. The lowest BCUT2D eigenvalue weighted by atomic mass is 9.98. The molecule has 0 aliphatic carbocycles. The topological polar surface area (TPSA) is 269 Å². The number of aliphatic hydroxyl groups is 6. The largest absolute Gasteiger partial charge is 0.508 e. The van der Waals surface area contributed by atoms with E-state index < -0.39 is 113 Å². The van der Waals surface area contributed by atoms with Crippen molar-refractivity contribution in [2.24, 2.45) is 0 Å². The van der Waals surface area contributed by atoms with Crippen LogP contribution in [0.3, 0.4) is 0 Å². The van der Waals surface area contributed by atoms with E-state index in [9.17, 15) is 55.9 Å². The average molecular weight is 611 g/mol. The fourth-order valence-electron chi connectivity index (χ4n) is 4.84. The zero-order valence-electron chi connectivity index (χ0n) is 22.3. The molecule has 43 heavy (non-hydrogen) atoms. The van der Waals surface area contributed by atoms with Crippen LogP contribution in [0.15, 0.2) is 39.5 Å². The van der Waals surface area contributed by atoms with Crippen LogP contribution in [0.1, 0.15) is 6.92 Å². The summed E-state index contributed by atoms with van der Waals surface area (Å²) in [5.41, 5.74) is -1.35. The maximum absolute atomic E-state index is 13.6. The Hall–Kier alpha value is -3.71. The monoisotopic (exact) mass is 610 g/mol. The molecule has 0 spiro atoms. The van der Waals surface area contributed by atoms with E-state index in [-0.39, 0.29) is 11.1 Å². The smallest absolute Gasteiger partial charge is 0.239 e. The van der Waals surface area contributed by atoms with Gasteiger partial charge in [-0.15, -0.1) is 0 Å². The summed E-state index contributed by atoms with van der Waals surface area (Å²) in [7, 11) is 0. The van der Waals surface area contributed by atoms with Gasteiger partial charge in [-0.2, -0.15) is 0 Å². The highest BCUT2D eigenvalue weighted by Gasteiger charge is 2.47. The Balaban J connectivity index is 1.48. The molecule has 2 aliphatic rings. The first-order valence-corrected chi connectivity index (χ1v) is 13.0. The number of fused-ring (bicyclic) bond motifs is 1. The predicted octanol–water partition coefficient (Wildman–Crippen LogP) is -1.69. The van der Waals surface area contributed by atoms with Crippen LogP contribution < -0.4 is 10.2 Å². The van der Waals surface area contributed by atoms with Crippen molar-refractivity contribution >= 4 is 11.0 Å². The quantitative estimate of drug-likeness (QED) is 0.140. The molecule has 10 N–H and O–H groups in total. The molecule has 2 aromatic carbocycles. The summed E-state index contributed by atoms with van der Waals surface area (Å²) in [6, 6.07) is 5.24. The number of ether oxygens (including phenoxy) is 4. The highest BCUT2D eigenvalue weighted by atomic mass is 16.7. The van der Waals surface area contributed by atoms with Gasteiger partial charge in [-0.3, -0.25) is 4.79 Å². The van der Waals surface area contributed by atoms with E-state index in [4.69, 9.17) is 23.4 Å². The molecule has 0 bridgehead atoms. The van der Waals surface area contributed by atoms with Crippen LogP contribution in [0.25, 0.3) is 22.3 Å². The van der Waals surface area contributed by atoms with E-state index in [1.807, 2.05) is 0 Å². The molecule has 0 amide bonds. The molecular formula is C27H30O16. The van der Waals surface area contributed by atoms with Crippen LogP contribution in [0, 0.1) is 0 Å². The van der Waals surface area contributed by atoms with E-state index in [2.05, 4.69) is 0 Å². The molecule has 16 heteroatoms. The van der Waals surface area contributed by atoms with E-state index in [1.165, 1.54) is 13.0 Å². The van der Waals surface area contributed by atoms with Crippen molar-refractivity contribution in [1.82, 2.24) is 0 Å². The lowest BCUT2D eigenvalue weighted by Crippen LogP contribution is -2.61. The Morgan fingerprint density at radius 3 is 2.12 bits per heavy atom. The average Bonchev–Trinajstić information content (AvgIpc) is 2.96. The minimum atomic E-state index is -1.97. The number of rotatable bonds is 6. The zero-order chi connectivity index (χ0) is 31.3. The third-order valence-corrected chi connectivity index (χ3v) is 7.29. The lowest BCUT2D eigenvalue weighted by Gasteiger charge is -2.42. The van der Waals surface area contributed by atoms with Crippen LogP contribution in [-0.2, 0) is 14.2 Å². The Morgan fingerprint density at radius 2 is 1.42 bits per heavy atom. The molecule has 234 valence electrons. The van der Waals surface area contributed by atoms with Gasteiger partial charge in [0.05, 0.1) is 12.7 Å². The van der Waals surface area contributed by atoms with Gasteiger partial charge in [0.2, 0.25) is 17.5 Å². The maximum Gasteiger partial charge on any atom is 0.239 e. The number of phenolic OH excluding ortho intramolecular Hbond substituents is 4. The minimum Gasteiger partial charge on any atom is -0.508 e. The van der Waals surface area contributed by atoms with Crippen molar-refractivity contribution in [1.29, 1.82) is 0 Å². The zero-order valence-corrected chi connectivity index (χ0v) is 22.3. The van der Waals surface area contributed by atoms with Crippen molar-refractivity contribution in [3.63, 3.8) is 0 Å². The van der Waals surface area contributed by atoms with Gasteiger partial charge in [-0.05, 0) is 25.1 Å². The molecule has 2 fully saturated rings. The maximum atomic E-state index is 13.6. The second kappa shape index (κ2) is 11.8. The molecule has 0 radical (unpaired) electrons. The second-order valence-corrected chi connectivity index (χ2v) is 10.3. The summed E-state index contributed by atoms with van der Waals surface area (Å²) in [6.45, 7) is 0.818. The third kappa shape index (κ3) is 5.67. The van der Waals surface area contributed by atoms with Crippen molar-refractivity contribution < 1.29 is 74.4 Å². The molecule has 5 rings (SSSR count). The molecule has 2 saturated heterocycles. The van der Waals surface area contributed by atoms with E-state index >= 15 is 0 Å². The first kappa shape index (κ1) is 30.7. The molecular weight excluding hydrogens is 580 g/mol. The number of hydrogen-bond acceptors (Lipinski definition) is 16. The molecule has 1 aromatic heterocycles. The Morgan fingerprint density at radius 1 is 0.744 bits per heavy atom. The summed E-state index contributed by atoms with van der Waals surface area (Å²) in [5.74, 6) is -3.33. The summed E-state index contributed by atoms with van der Waals surface area (Å²) in [5, 5.41) is 101. The van der Waals surface area contributed by atoms with Gasteiger partial charge in [0.15, 0.2) is 23.5 Å². The number of hydrogen-bond donors (Lipinski definition) is 10. The van der Waals surface area contributed by atoms with Crippen LogP contribution in [0.5, 0.6) is 28.7 Å². The van der Waals surface area contributed by atoms with Gasteiger partial charge in [-0.25, -0.2) is 0 Å². The fraction of sp³-hybridized carbons (Fsp3) is 0.444. The highest BCUT2D eigenvalue weighted by Crippen LogP contribution is 2.39. The molecule has 10 atom stereocenters. The van der Waals surface area contributed by atoms with E-state index in [0.29, 0.717) is 0 Å². The Kier molecular flexibility index (Phi) is 8.41. The first-order valence-electron chi connectivity index (χ1n) is 13.0. The SMILES string of the molecule is C[C@H]1O[C@H](OC[C@@H]2O[C@H](Oc3c(-c4ccc(O)c(O)c4)oc4cc(O)cc(O)c4c3=O)[C@@H](O)[C@H](O)[C@@H]2O)[C@@H](O)[C@@H](O)[C@@H]1O. The number of benzene rings is 2. The fourth-order valence-corrected chi connectivity index (χ4v) is 4.84. The molecule has 16 nitrogen and oxygen atoms in total. The normalized spacial score (nSPS) is 33.0. The summed E-state index contributed by atoms with van der Waals surface area (Å²) in [4.78, 5) is 13.6. The number of phenols is 4. The Bertz CT molecular complexity index is 1540. The van der Waals surface area contributed by atoms with Crippen LogP contribution in [0.4, 0.5) is 0 Å². The van der Waals surface area contributed by atoms with Gasteiger partial charge in [0, 0.05) is 17.7 Å². The summed E-state index contributed by atoms with van der Waals surface area (Å²) < 4.78 is 27.8. The summed E-state index contributed by atoms with van der Waals surface area (Å²) in [6.07, 6.45) is -16.2. The highest BCUT2D eigenvalue weighted by molar-refractivity contribution is 5.88. The van der Waals surface area contributed by atoms with Crippen molar-refractivity contribution in [3.05, 3.63) is 40.6 Å². The molecule has 2 aliphatic heterocycles. The molecule has 0 unspecified atom stereocenters. The Labute approximate surface area is 241 Å². The van der Waals surface area contributed by atoms with Crippen LogP contribution in [0.2, 0.25) is 0 Å². The van der Waals surface area contributed by atoms with Crippen LogP contribution in [-0.4, -0.2) is 119 Å². The van der Waals surface area contributed by atoms with Gasteiger partial charge >= 0.3 is 0 Å². The molecule has 3 heterocycles. The first-order chi connectivity index (χ1) is 20.3. The predicted molar refractivity (Wildman–Crippen MR) is 140 cm³/mol. The minimum absolute atomic E-state index is 0.0313. The van der Waals surface area contributed by atoms with E-state index in [1.54, 1.807) is 0 Å². The molecule has 3 aromatic rings. The van der Waals surface area contributed by atoms with Crippen molar-refractivity contribution in [2.75, 3.05) is 6.61 Å². The van der Waals surface area contributed by atoms with Crippen LogP contribution >= 0.6 is 0 Å². The standard InChI is InChI=1S/C27H30O16/c1-8-17(32)20(35)22(37)26(40-8)39-7-15-18(33)21(36)23(38)27(42-15)43-25-19(34)16-13(31)5-10(28)6-14(16)41-24(25)9-2-3-11(29)12(30)4-9/h2-6,8,15,17-18,20-23,26-33,35-38H,7H2,1H3/t8-,15+,17-,18-,20+,21-,22+,23+,26+,27-/m1/s1. The summed E-state index contributed by atoms with van der Waals surface area (Å²) >= 11 is 0. The third-order valence-electron chi connectivity index (χ3n) is 7.29. The van der Waals surface area contributed by atoms with Gasteiger partial charge in [-0.1, -0.05) is 0 Å². The van der Waals surface area contributed by atoms with Gasteiger partial charge in [0.1, 0.15) is 65.2 Å². The molecule has 0 saturated carbocycles.